The number of rotatable bonds is 5. The second kappa shape index (κ2) is 10.8. The number of para-hydroxylation sites is 2. The minimum absolute atomic E-state index is 0.849. The average molecular weight is 588 g/mol. The van der Waals surface area contributed by atoms with Crippen LogP contribution in [-0.2, 0) is 0 Å². The van der Waals surface area contributed by atoms with Crippen molar-refractivity contribution in [2.45, 2.75) is 0 Å². The third kappa shape index (κ3) is 4.43. The summed E-state index contributed by atoms with van der Waals surface area (Å²) in [6.07, 6.45) is 0. The first-order valence-electron chi connectivity index (χ1n) is 15.7. The van der Waals surface area contributed by atoms with Crippen molar-refractivity contribution >= 4 is 60.3 Å². The topological polar surface area (TPSA) is 16.4 Å². The van der Waals surface area contributed by atoms with Gasteiger partial charge in [0.25, 0.3) is 0 Å². The molecule has 216 valence electrons. The highest BCUT2D eigenvalue weighted by atomic mass is 16.3. The summed E-state index contributed by atoms with van der Waals surface area (Å²) in [5.41, 5.74) is 7.57. The lowest BCUT2D eigenvalue weighted by atomic mass is 9.97. The summed E-state index contributed by atoms with van der Waals surface area (Å²) in [6.45, 7) is 0. The van der Waals surface area contributed by atoms with E-state index in [2.05, 4.69) is 169 Å². The lowest BCUT2D eigenvalue weighted by Crippen LogP contribution is -2.11. The van der Waals surface area contributed by atoms with Gasteiger partial charge in [-0.05, 0) is 86.6 Å². The van der Waals surface area contributed by atoms with Crippen molar-refractivity contribution in [3.05, 3.63) is 176 Å². The maximum atomic E-state index is 6.42. The highest BCUT2D eigenvalue weighted by molar-refractivity contribution is 6.08. The van der Waals surface area contributed by atoms with E-state index in [0.29, 0.717) is 0 Å². The highest BCUT2D eigenvalue weighted by Gasteiger charge is 2.20. The lowest BCUT2D eigenvalue weighted by molar-refractivity contribution is 0.631. The van der Waals surface area contributed by atoms with Crippen molar-refractivity contribution in [1.29, 1.82) is 0 Å². The molecule has 1 aromatic heterocycles. The van der Waals surface area contributed by atoms with Crippen LogP contribution in [-0.4, -0.2) is 0 Å². The Bertz CT molecular complexity index is 2500. The minimum atomic E-state index is 0.849. The van der Waals surface area contributed by atoms with Crippen LogP contribution in [0.3, 0.4) is 0 Å². The van der Waals surface area contributed by atoms with Gasteiger partial charge in [0, 0.05) is 22.0 Å². The van der Waals surface area contributed by atoms with Crippen molar-refractivity contribution in [2.24, 2.45) is 0 Å². The normalized spacial score (nSPS) is 11.5. The molecular weight excluding hydrogens is 558 g/mol. The monoisotopic (exact) mass is 587 g/mol. The van der Waals surface area contributed by atoms with E-state index in [9.17, 15) is 0 Å². The Balaban J connectivity index is 1.19. The largest absolute Gasteiger partial charge is 0.456 e. The van der Waals surface area contributed by atoms with E-state index in [1.165, 1.54) is 43.4 Å². The Morgan fingerprint density at radius 2 is 0.978 bits per heavy atom. The van der Waals surface area contributed by atoms with Gasteiger partial charge in [-0.15, -0.1) is 0 Å². The number of fused-ring (bicyclic) bond motifs is 5. The number of furan rings is 1. The Morgan fingerprint density at radius 3 is 1.83 bits per heavy atom. The van der Waals surface area contributed by atoms with Crippen molar-refractivity contribution < 1.29 is 4.42 Å². The zero-order valence-corrected chi connectivity index (χ0v) is 25.1. The van der Waals surface area contributed by atoms with Gasteiger partial charge < -0.3 is 9.32 Å². The van der Waals surface area contributed by atoms with E-state index in [1.807, 2.05) is 12.1 Å². The molecule has 9 rings (SSSR count). The Hall–Kier alpha value is -6.12. The molecule has 0 aliphatic carbocycles. The summed E-state index contributed by atoms with van der Waals surface area (Å²) >= 11 is 0. The van der Waals surface area contributed by atoms with Gasteiger partial charge >= 0.3 is 0 Å². The summed E-state index contributed by atoms with van der Waals surface area (Å²) in [4.78, 5) is 2.36. The molecule has 0 saturated heterocycles. The van der Waals surface area contributed by atoms with Gasteiger partial charge in [0.05, 0.1) is 11.4 Å². The number of hydrogen-bond donors (Lipinski definition) is 0. The fourth-order valence-corrected chi connectivity index (χ4v) is 6.80. The second-order valence-corrected chi connectivity index (χ2v) is 11.8. The maximum Gasteiger partial charge on any atom is 0.137 e. The Morgan fingerprint density at radius 1 is 0.370 bits per heavy atom. The smallest absolute Gasteiger partial charge is 0.137 e. The molecule has 46 heavy (non-hydrogen) atoms. The zero-order chi connectivity index (χ0) is 30.5. The van der Waals surface area contributed by atoms with Crippen molar-refractivity contribution in [3.63, 3.8) is 0 Å². The molecule has 0 aliphatic heterocycles. The van der Waals surface area contributed by atoms with Crippen LogP contribution in [0, 0.1) is 0 Å². The number of benzene rings is 8. The maximum absolute atomic E-state index is 6.42. The molecule has 0 atom stereocenters. The van der Waals surface area contributed by atoms with Crippen LogP contribution in [0.25, 0.3) is 65.7 Å². The van der Waals surface area contributed by atoms with Crippen LogP contribution in [0.2, 0.25) is 0 Å². The summed E-state index contributed by atoms with van der Waals surface area (Å²) in [5.74, 6) is 0.849. The lowest BCUT2D eigenvalue weighted by Gasteiger charge is -2.28. The molecule has 0 fully saturated rings. The molecule has 8 aromatic carbocycles. The van der Waals surface area contributed by atoms with Crippen molar-refractivity contribution in [3.8, 4) is 22.5 Å². The van der Waals surface area contributed by atoms with Gasteiger partial charge in [0.2, 0.25) is 0 Å². The van der Waals surface area contributed by atoms with Crippen LogP contribution < -0.4 is 4.90 Å². The van der Waals surface area contributed by atoms with Gasteiger partial charge in [-0.1, -0.05) is 127 Å². The molecule has 0 saturated carbocycles. The van der Waals surface area contributed by atoms with Gasteiger partial charge in [-0.25, -0.2) is 0 Å². The summed E-state index contributed by atoms with van der Waals surface area (Å²) in [7, 11) is 0. The minimum Gasteiger partial charge on any atom is -0.456 e. The zero-order valence-electron chi connectivity index (χ0n) is 25.1. The quantitative estimate of drug-likeness (QED) is 0.186. The van der Waals surface area contributed by atoms with E-state index in [0.717, 1.165) is 39.4 Å². The summed E-state index contributed by atoms with van der Waals surface area (Å²) < 4.78 is 6.42. The Labute approximate surface area is 267 Å². The van der Waals surface area contributed by atoms with Gasteiger partial charge in [0.1, 0.15) is 11.3 Å². The SMILES string of the molecule is c1ccc(N(c2ccc(-c3ccc4c(ccc5ccccc54)c3)cc2)c2cccc3ccccc23)c(-c2cc3ccccc3o2)c1. The van der Waals surface area contributed by atoms with E-state index >= 15 is 0 Å². The Kier molecular flexibility index (Phi) is 6.17. The molecule has 0 unspecified atom stereocenters. The predicted molar refractivity (Wildman–Crippen MR) is 194 cm³/mol. The fraction of sp³-hybridized carbons (Fsp3) is 0. The van der Waals surface area contributed by atoms with Crippen molar-refractivity contribution in [2.75, 3.05) is 4.90 Å². The average Bonchev–Trinajstić information content (AvgIpc) is 3.56. The summed E-state index contributed by atoms with van der Waals surface area (Å²) in [6, 6.07) is 62.7. The highest BCUT2D eigenvalue weighted by Crippen LogP contribution is 2.44. The predicted octanol–water partition coefficient (Wildman–Crippen LogP) is 12.7. The number of hydrogen-bond acceptors (Lipinski definition) is 2. The van der Waals surface area contributed by atoms with E-state index in [-0.39, 0.29) is 0 Å². The van der Waals surface area contributed by atoms with E-state index in [4.69, 9.17) is 4.42 Å². The first kappa shape index (κ1) is 26.3. The van der Waals surface area contributed by atoms with Crippen LogP contribution in [0.1, 0.15) is 0 Å². The first-order chi connectivity index (χ1) is 22.8. The van der Waals surface area contributed by atoms with Gasteiger partial charge in [-0.2, -0.15) is 0 Å². The van der Waals surface area contributed by atoms with E-state index < -0.39 is 0 Å². The molecule has 0 aliphatic rings. The second-order valence-electron chi connectivity index (χ2n) is 11.8. The van der Waals surface area contributed by atoms with E-state index in [1.54, 1.807) is 0 Å². The van der Waals surface area contributed by atoms with Crippen molar-refractivity contribution in [1.82, 2.24) is 0 Å². The van der Waals surface area contributed by atoms with Crippen LogP contribution in [0.15, 0.2) is 180 Å². The van der Waals surface area contributed by atoms with Gasteiger partial charge in [0.15, 0.2) is 0 Å². The van der Waals surface area contributed by atoms with Gasteiger partial charge in [-0.3, -0.25) is 0 Å². The molecular formula is C44H29NO. The van der Waals surface area contributed by atoms with Crippen LogP contribution >= 0.6 is 0 Å². The number of nitrogens with zero attached hydrogens (tertiary/aromatic N) is 1. The molecule has 0 bridgehead atoms. The molecule has 9 aromatic rings. The molecule has 2 nitrogen and oxygen atoms in total. The number of anilines is 3. The molecule has 0 radical (unpaired) electrons. The molecule has 0 N–H and O–H groups in total. The third-order valence-corrected chi connectivity index (χ3v) is 9.05. The standard InChI is InChI=1S/C44H29NO/c1-4-14-37-32(11-1)20-21-34-28-33(24-27-38(34)37)30-22-25-36(26-23-30)45(41-18-9-13-31-10-2-5-15-39(31)41)42-17-7-6-16-40(42)44-29-35-12-3-8-19-43(35)46-44/h1-29H. The fourth-order valence-electron chi connectivity index (χ4n) is 6.80. The molecule has 0 spiro atoms. The van der Waals surface area contributed by atoms with Crippen LogP contribution in [0.5, 0.6) is 0 Å². The molecule has 2 heteroatoms. The van der Waals surface area contributed by atoms with Crippen LogP contribution in [0.4, 0.5) is 17.1 Å². The first-order valence-corrected chi connectivity index (χ1v) is 15.7. The summed E-state index contributed by atoms with van der Waals surface area (Å²) in [5, 5.41) is 8.57. The molecule has 1 heterocycles. The molecule has 0 amide bonds. The third-order valence-electron chi connectivity index (χ3n) is 9.05.